The topological polar surface area (TPSA) is 98.8 Å². The van der Waals surface area contributed by atoms with Crippen LogP contribution >= 0.6 is 0 Å². The molecule has 2 aromatic rings. The average molecular weight is 234 g/mol. The smallest absolute Gasteiger partial charge is 0.355 e. The maximum atomic E-state index is 11.0. The molecule has 0 aliphatic rings. The molecular formula is C9H10N6O2. The monoisotopic (exact) mass is 234 g/mol. The van der Waals surface area contributed by atoms with Crippen molar-refractivity contribution in [2.75, 3.05) is 12.4 Å². The summed E-state index contributed by atoms with van der Waals surface area (Å²) < 4.78 is 1.36. The molecule has 8 nitrogen and oxygen atoms in total. The van der Waals surface area contributed by atoms with E-state index in [9.17, 15) is 10.1 Å². The Kier molecular flexibility index (Phi) is 2.69. The Hall–Kier alpha value is -2.51. The van der Waals surface area contributed by atoms with E-state index in [-0.39, 0.29) is 17.3 Å². The van der Waals surface area contributed by atoms with Crippen molar-refractivity contribution in [1.29, 1.82) is 0 Å². The van der Waals surface area contributed by atoms with Gasteiger partial charge in [-0.25, -0.2) is 14.6 Å². The maximum Gasteiger partial charge on any atom is 0.355 e. The number of nitro groups is 1. The second-order valence-corrected chi connectivity index (χ2v) is 3.30. The molecule has 0 atom stereocenters. The molecular weight excluding hydrogens is 224 g/mol. The highest BCUT2D eigenvalue weighted by Gasteiger charge is 2.23. The summed E-state index contributed by atoms with van der Waals surface area (Å²) in [7, 11) is 1.56. The molecule has 17 heavy (non-hydrogen) atoms. The van der Waals surface area contributed by atoms with E-state index in [4.69, 9.17) is 0 Å². The van der Waals surface area contributed by atoms with Crippen LogP contribution in [-0.2, 0) is 0 Å². The minimum absolute atomic E-state index is 0.141. The van der Waals surface area contributed by atoms with E-state index in [1.807, 2.05) is 0 Å². The van der Waals surface area contributed by atoms with Crippen LogP contribution in [0, 0.1) is 17.0 Å². The van der Waals surface area contributed by atoms with Gasteiger partial charge in [0.25, 0.3) is 0 Å². The lowest BCUT2D eigenvalue weighted by molar-refractivity contribution is -0.384. The highest BCUT2D eigenvalue weighted by Crippen LogP contribution is 2.26. The SMILES string of the molecule is CNc1ncnc(-n2ccc(C)n2)c1[N+](=O)[O-]. The van der Waals surface area contributed by atoms with Crippen molar-refractivity contribution in [1.82, 2.24) is 19.7 Å². The highest BCUT2D eigenvalue weighted by atomic mass is 16.6. The number of rotatable bonds is 3. The molecule has 0 fully saturated rings. The standard InChI is InChI=1S/C9H10N6O2/c1-6-3-4-14(13-6)9-7(15(16)17)8(10-2)11-5-12-9/h3-5H,1-2H3,(H,10,11,12). The molecule has 0 radical (unpaired) electrons. The van der Waals surface area contributed by atoms with Crippen LogP contribution in [0.25, 0.3) is 5.82 Å². The molecule has 0 amide bonds. The second kappa shape index (κ2) is 4.16. The molecule has 0 unspecified atom stereocenters. The number of hydrogen-bond acceptors (Lipinski definition) is 6. The van der Waals surface area contributed by atoms with E-state index >= 15 is 0 Å². The van der Waals surface area contributed by atoms with E-state index in [1.54, 1.807) is 26.2 Å². The van der Waals surface area contributed by atoms with Crippen LogP contribution < -0.4 is 5.32 Å². The lowest BCUT2D eigenvalue weighted by Gasteiger charge is -2.04. The zero-order valence-corrected chi connectivity index (χ0v) is 9.28. The summed E-state index contributed by atoms with van der Waals surface area (Å²) in [5.74, 6) is 0.301. The van der Waals surface area contributed by atoms with Crippen molar-refractivity contribution in [3.05, 3.63) is 34.4 Å². The van der Waals surface area contributed by atoms with Crippen molar-refractivity contribution in [2.45, 2.75) is 6.92 Å². The van der Waals surface area contributed by atoms with Gasteiger partial charge in [-0.3, -0.25) is 10.1 Å². The number of nitrogens with one attached hydrogen (secondary N) is 1. The fourth-order valence-corrected chi connectivity index (χ4v) is 1.42. The van der Waals surface area contributed by atoms with Crippen LogP contribution in [0.1, 0.15) is 5.69 Å². The lowest BCUT2D eigenvalue weighted by atomic mass is 10.4. The van der Waals surface area contributed by atoms with Crippen LogP contribution in [0.5, 0.6) is 0 Å². The lowest BCUT2D eigenvalue weighted by Crippen LogP contribution is -2.08. The van der Waals surface area contributed by atoms with Gasteiger partial charge in [0, 0.05) is 13.2 Å². The largest absolute Gasteiger partial charge is 0.367 e. The molecule has 0 saturated heterocycles. The van der Waals surface area contributed by atoms with Gasteiger partial charge in [0.2, 0.25) is 11.6 Å². The van der Waals surface area contributed by atoms with Crippen LogP contribution in [0.3, 0.4) is 0 Å². The minimum atomic E-state index is -0.530. The van der Waals surface area contributed by atoms with Crippen LogP contribution in [0.15, 0.2) is 18.6 Å². The fraction of sp³-hybridized carbons (Fsp3) is 0.222. The third kappa shape index (κ3) is 1.92. The van der Waals surface area contributed by atoms with Gasteiger partial charge < -0.3 is 5.32 Å². The van der Waals surface area contributed by atoms with Crippen LogP contribution in [-0.4, -0.2) is 31.7 Å². The van der Waals surface area contributed by atoms with E-state index < -0.39 is 4.92 Å². The number of aromatic nitrogens is 4. The average Bonchev–Trinajstić information content (AvgIpc) is 2.74. The molecule has 2 heterocycles. The first kappa shape index (κ1) is 11.0. The van der Waals surface area contributed by atoms with E-state index in [1.165, 1.54) is 11.0 Å². The Morgan fingerprint density at radius 3 is 2.76 bits per heavy atom. The van der Waals surface area contributed by atoms with Gasteiger partial charge in [-0.1, -0.05) is 0 Å². The molecule has 0 aromatic carbocycles. The summed E-state index contributed by atoms with van der Waals surface area (Å²) in [4.78, 5) is 18.2. The van der Waals surface area contributed by atoms with Crippen molar-refractivity contribution < 1.29 is 4.92 Å². The Labute approximate surface area is 96.5 Å². The predicted molar refractivity (Wildman–Crippen MR) is 60.1 cm³/mol. The van der Waals surface area contributed by atoms with E-state index in [2.05, 4.69) is 20.4 Å². The van der Waals surface area contributed by atoms with Gasteiger partial charge in [-0.15, -0.1) is 0 Å². The second-order valence-electron chi connectivity index (χ2n) is 3.30. The maximum absolute atomic E-state index is 11.0. The number of aryl methyl sites for hydroxylation is 1. The zero-order chi connectivity index (χ0) is 12.4. The number of hydrogen-bond donors (Lipinski definition) is 1. The molecule has 0 aliphatic carbocycles. The van der Waals surface area contributed by atoms with Gasteiger partial charge in [-0.2, -0.15) is 5.10 Å². The normalized spacial score (nSPS) is 10.2. The molecule has 8 heteroatoms. The van der Waals surface area contributed by atoms with Crippen molar-refractivity contribution in [3.63, 3.8) is 0 Å². The Bertz CT molecular complexity index is 564. The van der Waals surface area contributed by atoms with Gasteiger partial charge in [0.05, 0.1) is 10.6 Å². The molecule has 1 N–H and O–H groups in total. The van der Waals surface area contributed by atoms with E-state index in [0.29, 0.717) is 0 Å². The van der Waals surface area contributed by atoms with E-state index in [0.717, 1.165) is 5.69 Å². The molecule has 2 aromatic heterocycles. The molecule has 0 saturated carbocycles. The molecule has 0 spiro atoms. The molecule has 0 bridgehead atoms. The van der Waals surface area contributed by atoms with Gasteiger partial charge in [0.15, 0.2) is 0 Å². The Morgan fingerprint density at radius 2 is 2.24 bits per heavy atom. The first-order valence-corrected chi connectivity index (χ1v) is 4.83. The van der Waals surface area contributed by atoms with Crippen molar-refractivity contribution in [3.8, 4) is 5.82 Å². The number of nitrogens with zero attached hydrogens (tertiary/aromatic N) is 5. The van der Waals surface area contributed by atoms with Crippen molar-refractivity contribution in [2.24, 2.45) is 0 Å². The first-order valence-electron chi connectivity index (χ1n) is 4.83. The Morgan fingerprint density at radius 1 is 1.47 bits per heavy atom. The van der Waals surface area contributed by atoms with Gasteiger partial charge >= 0.3 is 5.69 Å². The summed E-state index contributed by atoms with van der Waals surface area (Å²) in [6, 6.07) is 1.74. The summed E-state index contributed by atoms with van der Waals surface area (Å²) in [5.41, 5.74) is 0.557. The number of anilines is 1. The summed E-state index contributed by atoms with van der Waals surface area (Å²) in [6.45, 7) is 1.79. The third-order valence-corrected chi connectivity index (χ3v) is 2.16. The van der Waals surface area contributed by atoms with Crippen LogP contribution in [0.2, 0.25) is 0 Å². The molecule has 2 rings (SSSR count). The zero-order valence-electron chi connectivity index (χ0n) is 9.28. The molecule has 0 aliphatic heterocycles. The minimum Gasteiger partial charge on any atom is -0.367 e. The highest BCUT2D eigenvalue weighted by molar-refractivity contribution is 5.63. The third-order valence-electron chi connectivity index (χ3n) is 2.16. The molecule has 88 valence electrons. The first-order chi connectivity index (χ1) is 8.13. The fourth-order valence-electron chi connectivity index (χ4n) is 1.42. The van der Waals surface area contributed by atoms with Gasteiger partial charge in [0.1, 0.15) is 6.33 Å². The Balaban J connectivity index is 2.65. The summed E-state index contributed by atoms with van der Waals surface area (Å²) in [6.07, 6.45) is 2.87. The van der Waals surface area contributed by atoms with Crippen molar-refractivity contribution >= 4 is 11.5 Å². The van der Waals surface area contributed by atoms with Crippen LogP contribution in [0.4, 0.5) is 11.5 Å². The summed E-state index contributed by atoms with van der Waals surface area (Å²) >= 11 is 0. The quantitative estimate of drug-likeness (QED) is 0.626. The van der Waals surface area contributed by atoms with Gasteiger partial charge in [-0.05, 0) is 13.0 Å². The summed E-state index contributed by atoms with van der Waals surface area (Å²) in [5, 5.41) is 17.8. The predicted octanol–water partition coefficient (Wildman–Crippen LogP) is 0.921.